The minimum atomic E-state index is -0.538. The maximum Gasteiger partial charge on any atom is 0.312 e. The molecule has 3 heterocycles. The molecule has 1 N–H and O–H groups in total. The molecule has 7 heteroatoms. The number of piperidine rings is 1. The Labute approximate surface area is 165 Å². The molecule has 0 aromatic heterocycles. The molecular formula is C21H28N4O3. The minimum absolute atomic E-state index is 0.0462. The Morgan fingerprint density at radius 1 is 1.00 bits per heavy atom. The average Bonchev–Trinajstić information content (AvgIpc) is 3.22. The van der Waals surface area contributed by atoms with Gasteiger partial charge in [-0.2, -0.15) is 0 Å². The zero-order valence-corrected chi connectivity index (χ0v) is 16.4. The fourth-order valence-electron chi connectivity index (χ4n) is 4.79. The van der Waals surface area contributed by atoms with Gasteiger partial charge in [0.2, 0.25) is 5.91 Å². The lowest BCUT2D eigenvalue weighted by Crippen LogP contribution is -2.67. The highest BCUT2D eigenvalue weighted by Crippen LogP contribution is 2.31. The molecule has 28 heavy (non-hydrogen) atoms. The second-order valence-electron chi connectivity index (χ2n) is 8.15. The fraction of sp³-hybridized carbons (Fsp3) is 0.571. The highest BCUT2D eigenvalue weighted by atomic mass is 16.2. The number of rotatable bonds is 1. The minimum Gasteiger partial charge on any atom is -0.353 e. The van der Waals surface area contributed by atoms with Crippen LogP contribution in [0.3, 0.4) is 0 Å². The third-order valence-corrected chi connectivity index (χ3v) is 6.69. The van der Waals surface area contributed by atoms with Crippen LogP contribution in [0.2, 0.25) is 0 Å². The van der Waals surface area contributed by atoms with E-state index in [1.807, 2.05) is 25.2 Å². The maximum atomic E-state index is 12.8. The van der Waals surface area contributed by atoms with Gasteiger partial charge >= 0.3 is 11.8 Å². The molecule has 1 spiro atoms. The Balaban J connectivity index is 1.35. The Morgan fingerprint density at radius 3 is 2.36 bits per heavy atom. The molecule has 3 aliphatic rings. The van der Waals surface area contributed by atoms with Gasteiger partial charge in [-0.1, -0.05) is 30.3 Å². The van der Waals surface area contributed by atoms with Crippen molar-refractivity contribution in [1.29, 1.82) is 0 Å². The van der Waals surface area contributed by atoms with E-state index in [4.69, 9.17) is 0 Å². The van der Waals surface area contributed by atoms with Gasteiger partial charge in [0.25, 0.3) is 0 Å². The van der Waals surface area contributed by atoms with Gasteiger partial charge in [-0.3, -0.25) is 19.3 Å². The van der Waals surface area contributed by atoms with Gasteiger partial charge in [0.1, 0.15) is 5.54 Å². The smallest absolute Gasteiger partial charge is 0.312 e. The zero-order chi connectivity index (χ0) is 19.7. The van der Waals surface area contributed by atoms with Crippen molar-refractivity contribution in [2.45, 2.75) is 30.7 Å². The third kappa shape index (κ3) is 3.28. The first kappa shape index (κ1) is 18.9. The molecule has 3 aliphatic heterocycles. The van der Waals surface area contributed by atoms with Crippen molar-refractivity contribution in [2.75, 3.05) is 46.3 Å². The van der Waals surface area contributed by atoms with Crippen molar-refractivity contribution in [1.82, 2.24) is 20.0 Å². The summed E-state index contributed by atoms with van der Waals surface area (Å²) in [5, 5.41) is 2.95. The number of amides is 3. The van der Waals surface area contributed by atoms with Crippen LogP contribution in [-0.2, 0) is 14.4 Å². The van der Waals surface area contributed by atoms with Gasteiger partial charge in [0.05, 0.1) is 0 Å². The van der Waals surface area contributed by atoms with E-state index in [9.17, 15) is 14.4 Å². The third-order valence-electron chi connectivity index (χ3n) is 6.69. The summed E-state index contributed by atoms with van der Waals surface area (Å²) in [7, 11) is 1.97. The number of carbonyl (C=O) groups is 3. The van der Waals surface area contributed by atoms with Crippen molar-refractivity contribution in [3.05, 3.63) is 35.9 Å². The van der Waals surface area contributed by atoms with Crippen LogP contribution in [0.15, 0.2) is 30.3 Å². The Hall–Kier alpha value is -2.41. The summed E-state index contributed by atoms with van der Waals surface area (Å²) in [6.45, 7) is 3.57. The molecule has 7 nitrogen and oxygen atoms in total. The number of piperazine rings is 1. The average molecular weight is 384 g/mol. The number of likely N-dealkylation sites (N-methyl/N-ethyl adjacent to an activating group) is 1. The van der Waals surface area contributed by atoms with Gasteiger partial charge < -0.3 is 15.1 Å². The Morgan fingerprint density at radius 2 is 1.68 bits per heavy atom. The number of carbonyl (C=O) groups excluding carboxylic acids is 3. The van der Waals surface area contributed by atoms with Crippen LogP contribution in [0, 0.1) is 0 Å². The van der Waals surface area contributed by atoms with Gasteiger partial charge in [0.15, 0.2) is 0 Å². The van der Waals surface area contributed by atoms with Crippen LogP contribution < -0.4 is 5.32 Å². The van der Waals surface area contributed by atoms with Crippen LogP contribution >= 0.6 is 0 Å². The fourth-order valence-corrected chi connectivity index (χ4v) is 4.79. The van der Waals surface area contributed by atoms with Crippen LogP contribution in [0.1, 0.15) is 30.7 Å². The first-order valence-corrected chi connectivity index (χ1v) is 10.1. The topological polar surface area (TPSA) is 73.0 Å². The Bertz CT molecular complexity index is 758. The SMILES string of the molecule is CN1CCNC(=O)C12CCN(C(=O)C(=O)N1CCC(c3ccccc3)C1)CC2. The van der Waals surface area contributed by atoms with E-state index in [1.54, 1.807) is 9.80 Å². The van der Waals surface area contributed by atoms with Gasteiger partial charge in [-0.25, -0.2) is 0 Å². The van der Waals surface area contributed by atoms with Crippen LogP contribution in [0.5, 0.6) is 0 Å². The number of nitrogens with zero attached hydrogens (tertiary/aromatic N) is 3. The summed E-state index contributed by atoms with van der Waals surface area (Å²) in [6, 6.07) is 10.2. The lowest BCUT2D eigenvalue weighted by molar-refractivity contribution is -0.154. The van der Waals surface area contributed by atoms with Crippen LogP contribution in [0.4, 0.5) is 0 Å². The van der Waals surface area contributed by atoms with E-state index in [0.29, 0.717) is 51.5 Å². The lowest BCUT2D eigenvalue weighted by Gasteiger charge is -2.48. The van der Waals surface area contributed by atoms with Crippen molar-refractivity contribution in [3.8, 4) is 0 Å². The van der Waals surface area contributed by atoms with Gasteiger partial charge in [-0.05, 0) is 31.9 Å². The summed E-state index contributed by atoms with van der Waals surface area (Å²) < 4.78 is 0. The van der Waals surface area contributed by atoms with E-state index in [-0.39, 0.29) is 5.91 Å². The number of hydrogen-bond acceptors (Lipinski definition) is 4. The van der Waals surface area contributed by atoms with Crippen LogP contribution in [0.25, 0.3) is 0 Å². The van der Waals surface area contributed by atoms with Gasteiger partial charge in [-0.15, -0.1) is 0 Å². The van der Waals surface area contributed by atoms with E-state index in [2.05, 4.69) is 22.3 Å². The van der Waals surface area contributed by atoms with Crippen molar-refractivity contribution in [2.24, 2.45) is 0 Å². The number of likely N-dealkylation sites (tertiary alicyclic amines) is 2. The van der Waals surface area contributed by atoms with E-state index in [0.717, 1.165) is 13.0 Å². The maximum absolute atomic E-state index is 12.8. The predicted molar refractivity (Wildman–Crippen MR) is 105 cm³/mol. The molecule has 1 aromatic rings. The first-order valence-electron chi connectivity index (χ1n) is 10.1. The van der Waals surface area contributed by atoms with E-state index >= 15 is 0 Å². The normalized spacial score (nSPS) is 25.0. The predicted octanol–water partition coefficient (Wildman–Crippen LogP) is 0.425. The summed E-state index contributed by atoms with van der Waals surface area (Å²) in [5.41, 5.74) is 0.681. The molecule has 150 valence electrons. The number of hydrogen-bond donors (Lipinski definition) is 1. The molecular weight excluding hydrogens is 356 g/mol. The second kappa shape index (κ2) is 7.54. The molecule has 0 aliphatic carbocycles. The van der Waals surface area contributed by atoms with Gasteiger partial charge in [0, 0.05) is 45.2 Å². The summed E-state index contributed by atoms with van der Waals surface area (Å²) in [6.07, 6.45) is 2.03. The lowest BCUT2D eigenvalue weighted by atomic mass is 9.83. The highest BCUT2D eigenvalue weighted by molar-refractivity contribution is 6.35. The monoisotopic (exact) mass is 384 g/mol. The summed E-state index contributed by atoms with van der Waals surface area (Å²) >= 11 is 0. The van der Waals surface area contributed by atoms with Crippen molar-refractivity contribution >= 4 is 17.7 Å². The molecule has 3 saturated heterocycles. The molecule has 4 rings (SSSR count). The zero-order valence-electron chi connectivity index (χ0n) is 16.4. The second-order valence-corrected chi connectivity index (χ2v) is 8.15. The largest absolute Gasteiger partial charge is 0.353 e. The van der Waals surface area contributed by atoms with Crippen molar-refractivity contribution in [3.63, 3.8) is 0 Å². The molecule has 1 unspecified atom stereocenters. The van der Waals surface area contributed by atoms with Crippen LogP contribution in [-0.4, -0.2) is 84.3 Å². The van der Waals surface area contributed by atoms with Crippen molar-refractivity contribution < 1.29 is 14.4 Å². The quantitative estimate of drug-likeness (QED) is 0.713. The molecule has 0 radical (unpaired) electrons. The standard InChI is InChI=1S/C21H28N4O3/c1-23-14-10-22-20(28)21(23)8-12-24(13-9-21)18(26)19(27)25-11-7-17(15-25)16-5-3-2-4-6-16/h2-6,17H,7-15H2,1H3,(H,22,28). The van der Waals surface area contributed by atoms with E-state index in [1.165, 1.54) is 5.56 Å². The molecule has 0 bridgehead atoms. The van der Waals surface area contributed by atoms with E-state index < -0.39 is 17.4 Å². The first-order chi connectivity index (χ1) is 13.5. The molecule has 1 aromatic carbocycles. The number of nitrogens with one attached hydrogen (secondary N) is 1. The molecule has 3 amide bonds. The Kier molecular flexibility index (Phi) is 5.10. The molecule has 0 saturated carbocycles. The summed E-state index contributed by atoms with van der Waals surface area (Å²) in [4.78, 5) is 43.4. The highest BCUT2D eigenvalue weighted by Gasteiger charge is 2.47. The number of benzene rings is 1. The molecule has 1 atom stereocenters. The molecule has 3 fully saturated rings. The summed E-state index contributed by atoms with van der Waals surface area (Å²) in [5.74, 6) is -0.495.